The number of hydrogen-bond donors (Lipinski definition) is 1. The third kappa shape index (κ3) is 3.07. The molecule has 1 unspecified atom stereocenters. The van der Waals surface area contributed by atoms with E-state index in [2.05, 4.69) is 47.1 Å². The van der Waals surface area contributed by atoms with E-state index < -0.39 is 0 Å². The zero-order chi connectivity index (χ0) is 12.3. The Hall–Kier alpha value is -0.840. The Balaban J connectivity index is 2.76. The summed E-state index contributed by atoms with van der Waals surface area (Å²) in [6.45, 7) is 7.39. The van der Waals surface area contributed by atoms with Crippen LogP contribution in [0.25, 0.3) is 0 Å². The molecule has 0 aliphatic carbocycles. The first kappa shape index (κ1) is 13.2. The van der Waals surface area contributed by atoms with Crippen molar-refractivity contribution in [3.8, 4) is 0 Å². The highest BCUT2D eigenvalue weighted by molar-refractivity contribution is 9.10. The summed E-state index contributed by atoms with van der Waals surface area (Å²) in [4.78, 5) is 11.6. The highest BCUT2D eigenvalue weighted by Gasteiger charge is 2.10. The molecule has 0 aliphatic rings. The van der Waals surface area contributed by atoms with Crippen molar-refractivity contribution in [2.24, 2.45) is 18.9 Å². The van der Waals surface area contributed by atoms with Gasteiger partial charge in [-0.05, 0) is 27.8 Å². The molecular formula is C11H18BrN3O. The fourth-order valence-electron chi connectivity index (χ4n) is 1.14. The fraction of sp³-hybridized carbons (Fsp3) is 0.636. The van der Waals surface area contributed by atoms with Crippen LogP contribution in [0.4, 0.5) is 5.69 Å². The summed E-state index contributed by atoms with van der Waals surface area (Å²) in [5.74, 6) is 1.17. The van der Waals surface area contributed by atoms with Crippen LogP contribution >= 0.6 is 15.9 Å². The van der Waals surface area contributed by atoms with Crippen molar-refractivity contribution < 1.29 is 0 Å². The molecule has 0 spiro atoms. The summed E-state index contributed by atoms with van der Waals surface area (Å²) in [7, 11) is 1.63. The van der Waals surface area contributed by atoms with Crippen molar-refractivity contribution in [3.05, 3.63) is 21.0 Å². The molecule has 0 saturated carbocycles. The van der Waals surface area contributed by atoms with Gasteiger partial charge in [0.15, 0.2) is 0 Å². The van der Waals surface area contributed by atoms with E-state index in [0.29, 0.717) is 16.3 Å². The van der Waals surface area contributed by atoms with Gasteiger partial charge in [-0.2, -0.15) is 5.10 Å². The maximum absolute atomic E-state index is 11.6. The summed E-state index contributed by atoms with van der Waals surface area (Å²) in [6.07, 6.45) is 1.67. The van der Waals surface area contributed by atoms with Gasteiger partial charge in [0.25, 0.3) is 5.56 Å². The van der Waals surface area contributed by atoms with Gasteiger partial charge in [0.05, 0.1) is 11.9 Å². The Kier molecular flexibility index (Phi) is 4.53. The molecule has 1 aromatic rings. The number of nitrogens with one attached hydrogen (secondary N) is 1. The van der Waals surface area contributed by atoms with E-state index in [1.165, 1.54) is 4.68 Å². The van der Waals surface area contributed by atoms with Gasteiger partial charge >= 0.3 is 0 Å². The smallest absolute Gasteiger partial charge is 0.282 e. The van der Waals surface area contributed by atoms with Crippen LogP contribution < -0.4 is 10.9 Å². The Morgan fingerprint density at radius 1 is 1.50 bits per heavy atom. The lowest BCUT2D eigenvalue weighted by atomic mass is 9.98. The topological polar surface area (TPSA) is 46.9 Å². The maximum Gasteiger partial charge on any atom is 0.282 e. The molecule has 0 aromatic carbocycles. The minimum absolute atomic E-state index is 0.123. The molecule has 0 aliphatic heterocycles. The Morgan fingerprint density at radius 3 is 2.69 bits per heavy atom. The van der Waals surface area contributed by atoms with Gasteiger partial charge in [0.2, 0.25) is 0 Å². The second-order valence-electron chi connectivity index (χ2n) is 4.40. The number of aromatic nitrogens is 2. The molecule has 0 bridgehead atoms. The first-order valence-corrected chi connectivity index (χ1v) is 6.18. The first-order chi connectivity index (χ1) is 7.43. The van der Waals surface area contributed by atoms with Crippen LogP contribution in [0.1, 0.15) is 20.8 Å². The van der Waals surface area contributed by atoms with E-state index in [0.717, 1.165) is 12.2 Å². The third-order valence-electron chi connectivity index (χ3n) is 2.83. The maximum atomic E-state index is 11.6. The summed E-state index contributed by atoms with van der Waals surface area (Å²) in [5.41, 5.74) is 0.637. The number of anilines is 1. The quantitative estimate of drug-likeness (QED) is 0.924. The van der Waals surface area contributed by atoms with Crippen molar-refractivity contribution in [1.29, 1.82) is 0 Å². The van der Waals surface area contributed by atoms with Gasteiger partial charge in [-0.3, -0.25) is 4.79 Å². The largest absolute Gasteiger partial charge is 0.382 e. The Labute approximate surface area is 104 Å². The van der Waals surface area contributed by atoms with E-state index in [-0.39, 0.29) is 5.56 Å². The Morgan fingerprint density at radius 2 is 2.12 bits per heavy atom. The van der Waals surface area contributed by atoms with Gasteiger partial charge in [0.1, 0.15) is 4.47 Å². The predicted molar refractivity (Wildman–Crippen MR) is 69.7 cm³/mol. The van der Waals surface area contributed by atoms with Crippen molar-refractivity contribution in [2.45, 2.75) is 20.8 Å². The molecule has 1 rings (SSSR count). The van der Waals surface area contributed by atoms with E-state index in [1.54, 1.807) is 13.2 Å². The van der Waals surface area contributed by atoms with Crippen molar-refractivity contribution in [3.63, 3.8) is 0 Å². The molecule has 1 heterocycles. The molecule has 4 nitrogen and oxygen atoms in total. The zero-order valence-corrected chi connectivity index (χ0v) is 11.7. The van der Waals surface area contributed by atoms with E-state index in [1.807, 2.05) is 0 Å². The standard InChI is InChI=1S/C11H18BrN3O/c1-7(2)8(3)5-13-9-6-14-15(4)11(16)10(9)12/h6-8,13H,5H2,1-4H3. The van der Waals surface area contributed by atoms with Crippen LogP contribution in [0.3, 0.4) is 0 Å². The molecule has 1 atom stereocenters. The average molecular weight is 288 g/mol. The average Bonchev–Trinajstić information content (AvgIpc) is 2.24. The number of rotatable bonds is 4. The molecule has 0 amide bonds. The lowest BCUT2D eigenvalue weighted by Gasteiger charge is -2.17. The van der Waals surface area contributed by atoms with Crippen molar-refractivity contribution in [1.82, 2.24) is 9.78 Å². The monoisotopic (exact) mass is 287 g/mol. The second-order valence-corrected chi connectivity index (χ2v) is 5.20. The minimum Gasteiger partial charge on any atom is -0.382 e. The molecular weight excluding hydrogens is 270 g/mol. The van der Waals surface area contributed by atoms with Crippen LogP contribution in [0.5, 0.6) is 0 Å². The van der Waals surface area contributed by atoms with E-state index in [9.17, 15) is 4.79 Å². The third-order valence-corrected chi connectivity index (χ3v) is 3.60. The normalized spacial score (nSPS) is 12.9. The lowest BCUT2D eigenvalue weighted by molar-refractivity contribution is 0.439. The molecule has 5 heteroatoms. The van der Waals surface area contributed by atoms with Crippen LogP contribution in [-0.2, 0) is 7.05 Å². The summed E-state index contributed by atoms with van der Waals surface area (Å²) in [6, 6.07) is 0. The van der Waals surface area contributed by atoms with Crippen LogP contribution in [0.2, 0.25) is 0 Å². The zero-order valence-electron chi connectivity index (χ0n) is 10.1. The van der Waals surface area contributed by atoms with Gasteiger partial charge in [-0.25, -0.2) is 4.68 Å². The minimum atomic E-state index is -0.123. The molecule has 1 aromatic heterocycles. The Bertz CT molecular complexity index is 414. The number of aryl methyl sites for hydroxylation is 1. The van der Waals surface area contributed by atoms with Gasteiger partial charge < -0.3 is 5.32 Å². The highest BCUT2D eigenvalue weighted by atomic mass is 79.9. The van der Waals surface area contributed by atoms with Crippen molar-refractivity contribution in [2.75, 3.05) is 11.9 Å². The summed E-state index contributed by atoms with van der Waals surface area (Å²) < 4.78 is 1.85. The molecule has 90 valence electrons. The molecule has 0 radical (unpaired) electrons. The first-order valence-electron chi connectivity index (χ1n) is 5.39. The molecule has 0 fully saturated rings. The van der Waals surface area contributed by atoms with Crippen LogP contribution in [0, 0.1) is 11.8 Å². The van der Waals surface area contributed by atoms with Gasteiger partial charge in [0, 0.05) is 13.6 Å². The van der Waals surface area contributed by atoms with Gasteiger partial charge in [-0.15, -0.1) is 0 Å². The summed E-state index contributed by atoms with van der Waals surface area (Å²) in [5, 5.41) is 7.21. The van der Waals surface area contributed by atoms with Gasteiger partial charge in [-0.1, -0.05) is 20.8 Å². The predicted octanol–water partition coefficient (Wildman–Crippen LogP) is 2.25. The number of hydrogen-bond acceptors (Lipinski definition) is 3. The van der Waals surface area contributed by atoms with Crippen LogP contribution in [0.15, 0.2) is 15.5 Å². The van der Waals surface area contributed by atoms with E-state index >= 15 is 0 Å². The highest BCUT2D eigenvalue weighted by Crippen LogP contribution is 2.17. The number of halogens is 1. The van der Waals surface area contributed by atoms with E-state index in [4.69, 9.17) is 0 Å². The molecule has 1 N–H and O–H groups in total. The summed E-state index contributed by atoms with van der Waals surface area (Å²) >= 11 is 3.28. The van der Waals surface area contributed by atoms with Crippen LogP contribution in [-0.4, -0.2) is 16.3 Å². The SMILES string of the molecule is CC(C)C(C)CNc1cnn(C)c(=O)c1Br. The fourth-order valence-corrected chi connectivity index (χ4v) is 1.64. The van der Waals surface area contributed by atoms with Crippen molar-refractivity contribution >= 4 is 21.6 Å². The molecule has 16 heavy (non-hydrogen) atoms. The second kappa shape index (κ2) is 5.48. The lowest BCUT2D eigenvalue weighted by Crippen LogP contribution is -2.23. The molecule has 0 saturated heterocycles. The number of nitrogens with zero attached hydrogens (tertiary/aromatic N) is 2.